The first-order chi connectivity index (χ1) is 10.2. The second-order valence-electron chi connectivity index (χ2n) is 5.32. The third-order valence-electron chi connectivity index (χ3n) is 3.85. The molecular formula is C17H13BrO3. The minimum absolute atomic E-state index is 0.0498. The molecule has 0 saturated carbocycles. The van der Waals surface area contributed by atoms with Gasteiger partial charge in [0.1, 0.15) is 24.4 Å². The number of epoxide rings is 2. The molecular weight excluding hydrogens is 332 g/mol. The van der Waals surface area contributed by atoms with Gasteiger partial charge in [0.2, 0.25) is 0 Å². The summed E-state index contributed by atoms with van der Waals surface area (Å²) in [5.41, 5.74) is 2.08. The van der Waals surface area contributed by atoms with Crippen molar-refractivity contribution in [2.75, 3.05) is 0 Å². The van der Waals surface area contributed by atoms with Crippen molar-refractivity contribution in [1.82, 2.24) is 0 Å². The zero-order valence-electron chi connectivity index (χ0n) is 11.1. The van der Waals surface area contributed by atoms with E-state index in [1.807, 2.05) is 54.6 Å². The number of benzene rings is 2. The fourth-order valence-corrected chi connectivity index (χ4v) is 3.07. The fourth-order valence-electron chi connectivity index (χ4n) is 2.65. The molecule has 2 fully saturated rings. The molecule has 2 saturated heterocycles. The smallest absolute Gasteiger partial charge is 0.196 e. The van der Waals surface area contributed by atoms with E-state index in [0.29, 0.717) is 0 Å². The lowest BCUT2D eigenvalue weighted by atomic mass is 10.0. The van der Waals surface area contributed by atoms with E-state index in [9.17, 15) is 4.79 Å². The number of hydrogen-bond acceptors (Lipinski definition) is 3. The number of halogens is 1. The van der Waals surface area contributed by atoms with E-state index in [1.54, 1.807) is 0 Å². The van der Waals surface area contributed by atoms with Crippen LogP contribution in [-0.2, 0) is 14.3 Å². The molecule has 106 valence electrons. The molecule has 0 bridgehead atoms. The van der Waals surface area contributed by atoms with Crippen LogP contribution < -0.4 is 0 Å². The summed E-state index contributed by atoms with van der Waals surface area (Å²) in [5.74, 6) is 0.0498. The highest BCUT2D eigenvalue weighted by molar-refractivity contribution is 9.10. The van der Waals surface area contributed by atoms with Crippen LogP contribution in [0.15, 0.2) is 59.1 Å². The zero-order chi connectivity index (χ0) is 14.4. The Morgan fingerprint density at radius 2 is 1.48 bits per heavy atom. The van der Waals surface area contributed by atoms with Crippen molar-refractivity contribution in [3.05, 3.63) is 70.2 Å². The Balaban J connectivity index is 1.42. The highest BCUT2D eigenvalue weighted by atomic mass is 79.9. The van der Waals surface area contributed by atoms with Crippen LogP contribution in [0.3, 0.4) is 0 Å². The first kappa shape index (κ1) is 13.2. The van der Waals surface area contributed by atoms with E-state index in [0.717, 1.165) is 15.6 Å². The largest absolute Gasteiger partial charge is 0.356 e. The molecule has 4 atom stereocenters. The predicted molar refractivity (Wildman–Crippen MR) is 80.8 cm³/mol. The Hall–Kier alpha value is -1.49. The molecule has 21 heavy (non-hydrogen) atoms. The molecule has 4 unspecified atom stereocenters. The minimum atomic E-state index is -0.363. The van der Waals surface area contributed by atoms with E-state index in [1.165, 1.54) is 0 Å². The summed E-state index contributed by atoms with van der Waals surface area (Å²) in [7, 11) is 0. The van der Waals surface area contributed by atoms with Crippen LogP contribution in [0.25, 0.3) is 0 Å². The van der Waals surface area contributed by atoms with Gasteiger partial charge < -0.3 is 9.47 Å². The lowest BCUT2D eigenvalue weighted by Crippen LogP contribution is -2.15. The summed E-state index contributed by atoms with van der Waals surface area (Å²) < 4.78 is 12.1. The van der Waals surface area contributed by atoms with Gasteiger partial charge in [0.15, 0.2) is 5.78 Å². The molecule has 2 aliphatic heterocycles. The maximum Gasteiger partial charge on any atom is 0.196 e. The number of rotatable bonds is 4. The standard InChI is InChI=1S/C17H13BrO3/c18-12-8-4-7-11(9-12)15-17(21-15)13(19)16-14(20-16)10-5-2-1-3-6-10/h1-9,14-17H. The number of carbonyl (C=O) groups is 1. The maximum absolute atomic E-state index is 12.4. The van der Waals surface area contributed by atoms with Gasteiger partial charge in [-0.3, -0.25) is 4.79 Å². The Morgan fingerprint density at radius 3 is 2.14 bits per heavy atom. The van der Waals surface area contributed by atoms with Crippen LogP contribution in [0.4, 0.5) is 0 Å². The lowest BCUT2D eigenvalue weighted by molar-refractivity contribution is -0.121. The third-order valence-corrected chi connectivity index (χ3v) is 4.34. The van der Waals surface area contributed by atoms with E-state index in [4.69, 9.17) is 9.47 Å². The third kappa shape index (κ3) is 2.55. The van der Waals surface area contributed by atoms with Crippen molar-refractivity contribution < 1.29 is 14.3 Å². The molecule has 0 radical (unpaired) electrons. The van der Waals surface area contributed by atoms with Gasteiger partial charge in [-0.15, -0.1) is 0 Å². The highest BCUT2D eigenvalue weighted by Gasteiger charge is 2.56. The molecule has 2 heterocycles. The quantitative estimate of drug-likeness (QED) is 0.796. The molecule has 2 aliphatic rings. The van der Waals surface area contributed by atoms with Gasteiger partial charge in [-0.2, -0.15) is 0 Å². The molecule has 0 amide bonds. The van der Waals surface area contributed by atoms with E-state index in [2.05, 4.69) is 15.9 Å². The van der Waals surface area contributed by atoms with E-state index in [-0.39, 0.29) is 30.2 Å². The van der Waals surface area contributed by atoms with Crippen molar-refractivity contribution >= 4 is 21.7 Å². The molecule has 0 aromatic heterocycles. The molecule has 0 spiro atoms. The number of Topliss-reactive ketones (excluding diaryl/α,β-unsaturated/α-hetero) is 1. The van der Waals surface area contributed by atoms with E-state index >= 15 is 0 Å². The highest BCUT2D eigenvalue weighted by Crippen LogP contribution is 2.47. The van der Waals surface area contributed by atoms with Gasteiger partial charge in [0, 0.05) is 4.47 Å². The van der Waals surface area contributed by atoms with Crippen molar-refractivity contribution in [2.45, 2.75) is 24.4 Å². The van der Waals surface area contributed by atoms with Gasteiger partial charge in [0.05, 0.1) is 0 Å². The molecule has 0 N–H and O–H groups in total. The van der Waals surface area contributed by atoms with Crippen LogP contribution in [0.2, 0.25) is 0 Å². The second kappa shape index (κ2) is 5.05. The number of ether oxygens (including phenoxy) is 2. The summed E-state index contributed by atoms with van der Waals surface area (Å²) in [4.78, 5) is 12.4. The van der Waals surface area contributed by atoms with Gasteiger partial charge >= 0.3 is 0 Å². The number of ketones is 1. The maximum atomic E-state index is 12.4. The average molecular weight is 345 g/mol. The van der Waals surface area contributed by atoms with Crippen LogP contribution >= 0.6 is 15.9 Å². The Labute approximate surface area is 131 Å². The predicted octanol–water partition coefficient (Wildman–Crippen LogP) is 3.60. The van der Waals surface area contributed by atoms with Gasteiger partial charge in [-0.1, -0.05) is 58.4 Å². The first-order valence-electron chi connectivity index (χ1n) is 6.89. The summed E-state index contributed by atoms with van der Waals surface area (Å²) in [6, 6.07) is 17.7. The van der Waals surface area contributed by atoms with Crippen molar-refractivity contribution in [3.8, 4) is 0 Å². The van der Waals surface area contributed by atoms with Crippen molar-refractivity contribution in [2.24, 2.45) is 0 Å². The SMILES string of the molecule is O=C(C1OC1c1ccccc1)C1OC1c1cccc(Br)c1. The Bertz CT molecular complexity index is 685. The van der Waals surface area contributed by atoms with Gasteiger partial charge in [-0.05, 0) is 23.3 Å². The average Bonchev–Trinajstić information content (AvgIpc) is 3.39. The summed E-state index contributed by atoms with van der Waals surface area (Å²) in [6.45, 7) is 0. The molecule has 4 rings (SSSR count). The summed E-state index contributed by atoms with van der Waals surface area (Å²) in [5, 5.41) is 0. The second-order valence-corrected chi connectivity index (χ2v) is 6.24. The molecule has 3 nitrogen and oxygen atoms in total. The van der Waals surface area contributed by atoms with Gasteiger partial charge in [-0.25, -0.2) is 0 Å². The Kier molecular flexibility index (Phi) is 3.17. The fraction of sp³-hybridized carbons (Fsp3) is 0.235. The molecule has 4 heteroatoms. The summed E-state index contributed by atoms with van der Waals surface area (Å²) >= 11 is 3.43. The molecule has 2 aromatic carbocycles. The van der Waals surface area contributed by atoms with Crippen LogP contribution in [0, 0.1) is 0 Å². The Morgan fingerprint density at radius 1 is 0.857 bits per heavy atom. The topological polar surface area (TPSA) is 42.1 Å². The van der Waals surface area contributed by atoms with Crippen molar-refractivity contribution in [1.29, 1.82) is 0 Å². The van der Waals surface area contributed by atoms with Gasteiger partial charge in [0.25, 0.3) is 0 Å². The number of hydrogen-bond donors (Lipinski definition) is 0. The van der Waals surface area contributed by atoms with Crippen LogP contribution in [0.5, 0.6) is 0 Å². The van der Waals surface area contributed by atoms with Crippen LogP contribution in [-0.4, -0.2) is 18.0 Å². The van der Waals surface area contributed by atoms with Crippen LogP contribution in [0.1, 0.15) is 23.3 Å². The van der Waals surface area contributed by atoms with Crippen molar-refractivity contribution in [3.63, 3.8) is 0 Å². The first-order valence-corrected chi connectivity index (χ1v) is 7.68. The summed E-state index contributed by atoms with van der Waals surface area (Å²) in [6.07, 6.45) is -0.950. The number of carbonyl (C=O) groups excluding carboxylic acids is 1. The minimum Gasteiger partial charge on any atom is -0.356 e. The normalized spacial score (nSPS) is 30.0. The molecule has 2 aromatic rings. The zero-order valence-corrected chi connectivity index (χ0v) is 12.7. The molecule has 0 aliphatic carbocycles. The lowest BCUT2D eigenvalue weighted by Gasteiger charge is -1.96. The monoisotopic (exact) mass is 344 g/mol. The van der Waals surface area contributed by atoms with E-state index < -0.39 is 0 Å².